The van der Waals surface area contributed by atoms with Gasteiger partial charge in [-0.2, -0.15) is 0 Å². The van der Waals surface area contributed by atoms with E-state index in [9.17, 15) is 0 Å². The molecule has 6 nitrogen and oxygen atoms in total. The fraction of sp³-hybridized carbons (Fsp3) is 0.727. The summed E-state index contributed by atoms with van der Waals surface area (Å²) < 4.78 is 16.5. The third-order valence-electron chi connectivity index (χ3n) is 6.90. The number of nitrogens with zero attached hydrogens (tertiary/aromatic N) is 3. The molecule has 0 bridgehead atoms. The minimum Gasteiger partial charge on any atom is -0.454 e. The minimum atomic E-state index is 0.351. The first kappa shape index (κ1) is 18.7. The van der Waals surface area contributed by atoms with Crippen LogP contribution >= 0.6 is 0 Å². The summed E-state index contributed by atoms with van der Waals surface area (Å²) in [5, 5.41) is 0. The van der Waals surface area contributed by atoms with Crippen LogP contribution in [0.4, 0.5) is 0 Å². The predicted octanol–water partition coefficient (Wildman–Crippen LogP) is 2.18. The average Bonchev–Trinajstić information content (AvgIpc) is 3.23. The summed E-state index contributed by atoms with van der Waals surface area (Å²) in [6.07, 6.45) is 5.15. The van der Waals surface area contributed by atoms with Crippen molar-refractivity contribution in [2.24, 2.45) is 0 Å². The Morgan fingerprint density at radius 2 is 1.64 bits per heavy atom. The van der Waals surface area contributed by atoms with Crippen LogP contribution in [0.1, 0.15) is 31.2 Å². The van der Waals surface area contributed by atoms with E-state index in [0.29, 0.717) is 6.79 Å². The molecule has 3 fully saturated rings. The molecule has 0 N–H and O–H groups in total. The van der Waals surface area contributed by atoms with E-state index >= 15 is 0 Å². The van der Waals surface area contributed by atoms with Crippen molar-refractivity contribution in [3.8, 4) is 11.5 Å². The molecule has 4 aliphatic heterocycles. The highest BCUT2D eigenvalue weighted by atomic mass is 16.7. The van der Waals surface area contributed by atoms with Gasteiger partial charge >= 0.3 is 0 Å². The van der Waals surface area contributed by atoms with Crippen molar-refractivity contribution in [2.75, 3.05) is 59.3 Å². The Balaban J connectivity index is 1.11. The van der Waals surface area contributed by atoms with E-state index in [0.717, 1.165) is 56.4 Å². The molecule has 154 valence electrons. The van der Waals surface area contributed by atoms with E-state index in [2.05, 4.69) is 26.8 Å². The molecule has 28 heavy (non-hydrogen) atoms. The van der Waals surface area contributed by atoms with Crippen molar-refractivity contribution >= 4 is 0 Å². The number of benzene rings is 1. The van der Waals surface area contributed by atoms with Crippen LogP contribution in [0.15, 0.2) is 18.2 Å². The number of likely N-dealkylation sites (tertiary alicyclic amines) is 1. The molecule has 4 aliphatic rings. The first-order chi connectivity index (χ1) is 13.8. The largest absolute Gasteiger partial charge is 0.454 e. The SMILES string of the molecule is c1cc2c(cc1CN1CCN(C3CCCN(C4CCOCC4)C3)CC1)OCO2. The highest BCUT2D eigenvalue weighted by Gasteiger charge is 2.31. The van der Waals surface area contributed by atoms with Crippen molar-refractivity contribution in [3.05, 3.63) is 23.8 Å². The van der Waals surface area contributed by atoms with Gasteiger partial charge in [0.05, 0.1) is 0 Å². The Bertz CT molecular complexity index is 656. The van der Waals surface area contributed by atoms with Crippen LogP contribution in [0, 0.1) is 0 Å². The molecule has 0 amide bonds. The molecule has 1 aromatic rings. The molecule has 4 heterocycles. The van der Waals surface area contributed by atoms with Gasteiger partial charge in [-0.15, -0.1) is 0 Å². The van der Waals surface area contributed by atoms with E-state index in [1.807, 2.05) is 6.07 Å². The lowest BCUT2D eigenvalue weighted by molar-refractivity contribution is -0.00257. The number of hydrogen-bond donors (Lipinski definition) is 0. The average molecular weight is 388 g/mol. The predicted molar refractivity (Wildman–Crippen MR) is 108 cm³/mol. The van der Waals surface area contributed by atoms with Gasteiger partial charge in [0.1, 0.15) is 0 Å². The molecular formula is C22H33N3O3. The van der Waals surface area contributed by atoms with Gasteiger partial charge in [-0.3, -0.25) is 14.7 Å². The van der Waals surface area contributed by atoms with Crippen molar-refractivity contribution < 1.29 is 14.2 Å². The van der Waals surface area contributed by atoms with Crippen molar-refractivity contribution in [3.63, 3.8) is 0 Å². The van der Waals surface area contributed by atoms with Crippen LogP contribution in [-0.2, 0) is 11.3 Å². The Hall–Kier alpha value is -1.34. The molecule has 6 heteroatoms. The van der Waals surface area contributed by atoms with E-state index in [-0.39, 0.29) is 0 Å². The lowest BCUT2D eigenvalue weighted by Crippen LogP contribution is -2.56. The summed E-state index contributed by atoms with van der Waals surface area (Å²) in [5.41, 5.74) is 1.32. The summed E-state index contributed by atoms with van der Waals surface area (Å²) in [6, 6.07) is 7.85. The van der Waals surface area contributed by atoms with Crippen molar-refractivity contribution in [2.45, 2.75) is 44.3 Å². The summed E-state index contributed by atoms with van der Waals surface area (Å²) in [4.78, 5) is 8.09. The Morgan fingerprint density at radius 1 is 0.821 bits per heavy atom. The second-order valence-electron chi connectivity index (χ2n) is 8.63. The molecule has 0 aliphatic carbocycles. The fourth-order valence-electron chi connectivity index (χ4n) is 5.25. The highest BCUT2D eigenvalue weighted by Crippen LogP contribution is 2.33. The van der Waals surface area contributed by atoms with Gasteiger partial charge in [0.15, 0.2) is 11.5 Å². The van der Waals surface area contributed by atoms with E-state index in [4.69, 9.17) is 14.2 Å². The molecule has 0 aromatic heterocycles. The number of piperidine rings is 1. The molecule has 0 spiro atoms. The maximum Gasteiger partial charge on any atom is 0.231 e. The maximum absolute atomic E-state index is 5.56. The Morgan fingerprint density at radius 3 is 2.50 bits per heavy atom. The number of fused-ring (bicyclic) bond motifs is 1. The number of rotatable bonds is 4. The van der Waals surface area contributed by atoms with E-state index in [1.54, 1.807) is 0 Å². The van der Waals surface area contributed by atoms with Crippen LogP contribution in [-0.4, -0.2) is 86.1 Å². The van der Waals surface area contributed by atoms with Gasteiger partial charge in [0.25, 0.3) is 0 Å². The van der Waals surface area contributed by atoms with Gasteiger partial charge in [0.2, 0.25) is 6.79 Å². The second-order valence-corrected chi connectivity index (χ2v) is 8.63. The van der Waals surface area contributed by atoms with Crippen molar-refractivity contribution in [1.29, 1.82) is 0 Å². The van der Waals surface area contributed by atoms with Crippen LogP contribution < -0.4 is 9.47 Å². The van der Waals surface area contributed by atoms with Crippen LogP contribution in [0.3, 0.4) is 0 Å². The Labute approximate surface area is 168 Å². The zero-order valence-corrected chi connectivity index (χ0v) is 16.9. The molecule has 5 rings (SSSR count). The molecule has 1 aromatic carbocycles. The van der Waals surface area contributed by atoms with Crippen LogP contribution in [0.25, 0.3) is 0 Å². The maximum atomic E-state index is 5.56. The second kappa shape index (κ2) is 8.57. The summed E-state index contributed by atoms with van der Waals surface area (Å²) in [7, 11) is 0. The summed E-state index contributed by atoms with van der Waals surface area (Å²) >= 11 is 0. The standard InChI is InChI=1S/C22H33N3O3/c1-2-20(16-25(7-1)19-5-12-26-13-6-19)24-10-8-23(9-11-24)15-18-3-4-21-22(14-18)28-17-27-21/h3-4,14,19-20H,1-2,5-13,15-17H2. The molecule has 1 atom stereocenters. The fourth-order valence-corrected chi connectivity index (χ4v) is 5.25. The minimum absolute atomic E-state index is 0.351. The quantitative estimate of drug-likeness (QED) is 0.788. The third-order valence-corrected chi connectivity index (χ3v) is 6.90. The highest BCUT2D eigenvalue weighted by molar-refractivity contribution is 5.44. The number of hydrogen-bond acceptors (Lipinski definition) is 6. The topological polar surface area (TPSA) is 37.4 Å². The van der Waals surface area contributed by atoms with Gasteiger partial charge < -0.3 is 14.2 Å². The molecule has 3 saturated heterocycles. The zero-order valence-electron chi connectivity index (χ0n) is 16.9. The molecular weight excluding hydrogens is 354 g/mol. The summed E-state index contributed by atoms with van der Waals surface area (Å²) in [6.45, 7) is 10.5. The lowest BCUT2D eigenvalue weighted by Gasteiger charge is -2.46. The zero-order chi connectivity index (χ0) is 18.8. The van der Waals surface area contributed by atoms with Gasteiger partial charge in [-0.05, 0) is 49.9 Å². The van der Waals surface area contributed by atoms with Gasteiger partial charge in [-0.1, -0.05) is 6.07 Å². The molecule has 1 unspecified atom stereocenters. The van der Waals surface area contributed by atoms with Gasteiger partial charge in [-0.25, -0.2) is 0 Å². The van der Waals surface area contributed by atoms with E-state index in [1.165, 1.54) is 57.4 Å². The number of ether oxygens (including phenoxy) is 3. The number of piperazine rings is 1. The smallest absolute Gasteiger partial charge is 0.231 e. The lowest BCUT2D eigenvalue weighted by atomic mass is 9.98. The normalized spacial score (nSPS) is 27.9. The monoisotopic (exact) mass is 387 g/mol. The first-order valence-corrected chi connectivity index (χ1v) is 11.0. The summed E-state index contributed by atoms with van der Waals surface area (Å²) in [5.74, 6) is 1.77. The van der Waals surface area contributed by atoms with E-state index < -0.39 is 0 Å². The van der Waals surface area contributed by atoms with Crippen LogP contribution in [0.5, 0.6) is 11.5 Å². The van der Waals surface area contributed by atoms with Crippen LogP contribution in [0.2, 0.25) is 0 Å². The third kappa shape index (κ3) is 4.15. The molecule has 0 radical (unpaired) electrons. The first-order valence-electron chi connectivity index (χ1n) is 11.0. The Kier molecular flexibility index (Phi) is 5.72. The molecule has 0 saturated carbocycles. The van der Waals surface area contributed by atoms with Gasteiger partial charge in [0, 0.05) is 64.6 Å². The van der Waals surface area contributed by atoms with Crippen molar-refractivity contribution in [1.82, 2.24) is 14.7 Å².